The quantitative estimate of drug-likeness (QED) is 0.919. The fraction of sp³-hybridized carbons (Fsp3) is 0.524. The van der Waals surface area contributed by atoms with E-state index in [0.29, 0.717) is 12.3 Å². The molecular weight excluding hydrogens is 324 g/mol. The van der Waals surface area contributed by atoms with E-state index in [1.807, 2.05) is 17.0 Å². The van der Waals surface area contributed by atoms with Gasteiger partial charge >= 0.3 is 0 Å². The molecule has 0 bridgehead atoms. The smallest absolute Gasteiger partial charge is 0.222 e. The molecule has 0 saturated carbocycles. The molecule has 1 aromatic carbocycles. The minimum Gasteiger partial charge on any atom is -0.353 e. The summed E-state index contributed by atoms with van der Waals surface area (Å²) in [5, 5.41) is 4.56. The molecule has 26 heavy (non-hydrogen) atoms. The Morgan fingerprint density at radius 3 is 2.62 bits per heavy atom. The van der Waals surface area contributed by atoms with E-state index >= 15 is 0 Å². The summed E-state index contributed by atoms with van der Waals surface area (Å²) in [6.07, 6.45) is 4.19. The number of nitrogens with one attached hydrogen (secondary N) is 1. The second kappa shape index (κ2) is 8.04. The highest BCUT2D eigenvalue weighted by atomic mass is 16.2. The Labute approximate surface area is 155 Å². The third-order valence-corrected chi connectivity index (χ3v) is 5.77. The molecule has 2 aromatic rings. The normalized spacial score (nSPS) is 19.1. The van der Waals surface area contributed by atoms with Crippen LogP contribution in [0, 0.1) is 5.92 Å². The molecule has 2 aliphatic rings. The van der Waals surface area contributed by atoms with Crippen molar-refractivity contribution in [1.29, 1.82) is 0 Å². The van der Waals surface area contributed by atoms with Crippen LogP contribution in [0.5, 0.6) is 0 Å². The van der Waals surface area contributed by atoms with Crippen LogP contribution in [0.3, 0.4) is 0 Å². The number of para-hydroxylation sites is 1. The monoisotopic (exact) mass is 352 g/mol. The molecule has 138 valence electrons. The van der Waals surface area contributed by atoms with Crippen molar-refractivity contribution in [3.63, 3.8) is 0 Å². The van der Waals surface area contributed by atoms with Crippen molar-refractivity contribution in [3.8, 4) is 0 Å². The van der Waals surface area contributed by atoms with Crippen LogP contribution in [0.2, 0.25) is 0 Å². The minimum absolute atomic E-state index is 0.328. The number of aromatic nitrogens is 1. The molecule has 2 fully saturated rings. The lowest BCUT2D eigenvalue weighted by atomic mass is 9.93. The highest BCUT2D eigenvalue weighted by Gasteiger charge is 2.23. The average molecular weight is 352 g/mol. The van der Waals surface area contributed by atoms with E-state index < -0.39 is 0 Å². The van der Waals surface area contributed by atoms with Crippen molar-refractivity contribution in [2.75, 3.05) is 44.2 Å². The van der Waals surface area contributed by atoms with Gasteiger partial charge < -0.3 is 15.1 Å². The molecule has 3 heterocycles. The molecule has 2 saturated heterocycles. The van der Waals surface area contributed by atoms with E-state index in [1.54, 1.807) is 0 Å². The molecule has 0 radical (unpaired) electrons. The Morgan fingerprint density at radius 2 is 1.81 bits per heavy atom. The predicted octanol–water partition coefficient (Wildman–Crippen LogP) is 2.66. The SMILES string of the molecule is O=C(CCC1CCNCC1)N1CCN(c2ccc3ccccc3n2)CC1. The fourth-order valence-corrected chi connectivity index (χ4v) is 4.07. The second-order valence-corrected chi connectivity index (χ2v) is 7.46. The Hall–Kier alpha value is -2.14. The first-order valence-electron chi connectivity index (χ1n) is 9.89. The molecule has 1 aromatic heterocycles. The Morgan fingerprint density at radius 1 is 1.04 bits per heavy atom. The number of benzene rings is 1. The maximum Gasteiger partial charge on any atom is 0.222 e. The standard InChI is InChI=1S/C21H28N4O/c26-21(8-5-17-9-11-22-12-10-17)25-15-13-24(14-16-25)20-7-6-18-3-1-2-4-19(18)23-20/h1-4,6-7,17,22H,5,8-16H2. The van der Waals surface area contributed by atoms with Crippen LogP contribution in [0.1, 0.15) is 25.7 Å². The first kappa shape index (κ1) is 17.3. The molecule has 0 atom stereocenters. The molecule has 5 heteroatoms. The highest BCUT2D eigenvalue weighted by molar-refractivity contribution is 5.80. The van der Waals surface area contributed by atoms with Crippen LogP contribution in [-0.4, -0.2) is 55.1 Å². The van der Waals surface area contributed by atoms with Crippen molar-refractivity contribution in [2.24, 2.45) is 5.92 Å². The molecule has 0 unspecified atom stereocenters. The number of fused-ring (bicyclic) bond motifs is 1. The van der Waals surface area contributed by atoms with Gasteiger partial charge in [0.05, 0.1) is 5.52 Å². The Bertz CT molecular complexity index is 749. The zero-order valence-electron chi connectivity index (χ0n) is 15.4. The highest BCUT2D eigenvalue weighted by Crippen LogP contribution is 2.21. The maximum absolute atomic E-state index is 12.5. The first-order chi connectivity index (χ1) is 12.8. The van der Waals surface area contributed by atoms with Gasteiger partial charge in [-0.1, -0.05) is 18.2 Å². The lowest BCUT2D eigenvalue weighted by Gasteiger charge is -2.36. The summed E-state index contributed by atoms with van der Waals surface area (Å²) in [7, 11) is 0. The van der Waals surface area contributed by atoms with Gasteiger partial charge in [-0.25, -0.2) is 4.98 Å². The van der Waals surface area contributed by atoms with E-state index in [0.717, 1.165) is 62.9 Å². The topological polar surface area (TPSA) is 48.5 Å². The van der Waals surface area contributed by atoms with Crippen molar-refractivity contribution >= 4 is 22.6 Å². The van der Waals surface area contributed by atoms with Crippen LogP contribution in [0.4, 0.5) is 5.82 Å². The Balaban J connectivity index is 1.29. The molecule has 2 aliphatic heterocycles. The summed E-state index contributed by atoms with van der Waals surface area (Å²) in [4.78, 5) is 21.7. The number of carbonyl (C=O) groups is 1. The van der Waals surface area contributed by atoms with Gasteiger partial charge in [0.15, 0.2) is 0 Å². The lowest BCUT2D eigenvalue weighted by molar-refractivity contribution is -0.131. The van der Waals surface area contributed by atoms with Crippen molar-refractivity contribution in [2.45, 2.75) is 25.7 Å². The van der Waals surface area contributed by atoms with Gasteiger partial charge in [0.25, 0.3) is 0 Å². The molecular formula is C21H28N4O. The second-order valence-electron chi connectivity index (χ2n) is 7.46. The number of amides is 1. The third kappa shape index (κ3) is 3.98. The third-order valence-electron chi connectivity index (χ3n) is 5.77. The summed E-state index contributed by atoms with van der Waals surface area (Å²) in [5.74, 6) is 2.07. The molecule has 0 aliphatic carbocycles. The number of carbonyl (C=O) groups excluding carboxylic acids is 1. The molecule has 1 amide bonds. The largest absolute Gasteiger partial charge is 0.353 e. The number of piperidine rings is 1. The number of nitrogens with zero attached hydrogens (tertiary/aromatic N) is 3. The van der Waals surface area contributed by atoms with Crippen LogP contribution < -0.4 is 10.2 Å². The van der Waals surface area contributed by atoms with Gasteiger partial charge in [-0.3, -0.25) is 4.79 Å². The van der Waals surface area contributed by atoms with E-state index in [9.17, 15) is 4.79 Å². The molecule has 1 N–H and O–H groups in total. The average Bonchev–Trinajstić information content (AvgIpc) is 2.72. The van der Waals surface area contributed by atoms with Crippen LogP contribution >= 0.6 is 0 Å². The van der Waals surface area contributed by atoms with Gasteiger partial charge in [-0.05, 0) is 56.5 Å². The summed E-state index contributed by atoms with van der Waals surface area (Å²) < 4.78 is 0. The maximum atomic E-state index is 12.5. The predicted molar refractivity (Wildman–Crippen MR) is 105 cm³/mol. The van der Waals surface area contributed by atoms with Gasteiger partial charge in [0, 0.05) is 38.0 Å². The molecule has 5 nitrogen and oxygen atoms in total. The van der Waals surface area contributed by atoms with E-state index in [2.05, 4.69) is 34.5 Å². The van der Waals surface area contributed by atoms with Crippen LogP contribution in [-0.2, 0) is 4.79 Å². The Kier molecular flexibility index (Phi) is 5.34. The lowest BCUT2D eigenvalue weighted by Crippen LogP contribution is -2.49. The number of pyridine rings is 1. The molecule has 4 rings (SSSR count). The van der Waals surface area contributed by atoms with E-state index in [1.165, 1.54) is 18.2 Å². The van der Waals surface area contributed by atoms with Gasteiger partial charge in [-0.15, -0.1) is 0 Å². The zero-order valence-corrected chi connectivity index (χ0v) is 15.4. The summed E-state index contributed by atoms with van der Waals surface area (Å²) >= 11 is 0. The zero-order chi connectivity index (χ0) is 17.8. The number of rotatable bonds is 4. The molecule has 0 spiro atoms. The van der Waals surface area contributed by atoms with Gasteiger partial charge in [0.2, 0.25) is 5.91 Å². The van der Waals surface area contributed by atoms with Crippen LogP contribution in [0.15, 0.2) is 36.4 Å². The number of hydrogen-bond donors (Lipinski definition) is 1. The summed E-state index contributed by atoms with van der Waals surface area (Å²) in [6, 6.07) is 12.4. The fourth-order valence-electron chi connectivity index (χ4n) is 4.07. The summed E-state index contributed by atoms with van der Waals surface area (Å²) in [6.45, 7) is 5.56. The minimum atomic E-state index is 0.328. The van der Waals surface area contributed by atoms with Crippen molar-refractivity contribution in [3.05, 3.63) is 36.4 Å². The van der Waals surface area contributed by atoms with Gasteiger partial charge in [-0.2, -0.15) is 0 Å². The van der Waals surface area contributed by atoms with E-state index in [4.69, 9.17) is 4.98 Å². The van der Waals surface area contributed by atoms with Crippen LogP contribution in [0.25, 0.3) is 10.9 Å². The van der Waals surface area contributed by atoms with Crippen molar-refractivity contribution in [1.82, 2.24) is 15.2 Å². The van der Waals surface area contributed by atoms with Crippen molar-refractivity contribution < 1.29 is 4.79 Å². The number of hydrogen-bond acceptors (Lipinski definition) is 4. The first-order valence-corrected chi connectivity index (χ1v) is 9.89. The van der Waals surface area contributed by atoms with Gasteiger partial charge in [0.1, 0.15) is 5.82 Å². The number of anilines is 1. The number of piperazine rings is 1. The summed E-state index contributed by atoms with van der Waals surface area (Å²) in [5.41, 5.74) is 1.03. The van der Waals surface area contributed by atoms with E-state index in [-0.39, 0.29) is 0 Å².